The van der Waals surface area contributed by atoms with E-state index in [1.165, 1.54) is 24.2 Å². The lowest BCUT2D eigenvalue weighted by atomic mass is 10.1. The molecule has 88 valence electrons. The summed E-state index contributed by atoms with van der Waals surface area (Å²) in [7, 11) is 0. The molecule has 4 heteroatoms. The van der Waals surface area contributed by atoms with Gasteiger partial charge in [-0.2, -0.15) is 0 Å². The topological polar surface area (TPSA) is 53.1 Å². The molecule has 2 unspecified atom stereocenters. The summed E-state index contributed by atoms with van der Waals surface area (Å²) >= 11 is 0. The lowest BCUT2D eigenvalue weighted by molar-refractivity contribution is 0.108. The van der Waals surface area contributed by atoms with Crippen LogP contribution in [-0.2, 0) is 11.2 Å². The molecule has 2 atom stereocenters. The third-order valence-corrected chi connectivity index (χ3v) is 3.77. The van der Waals surface area contributed by atoms with Crippen LogP contribution in [0, 0.1) is 0 Å². The summed E-state index contributed by atoms with van der Waals surface area (Å²) in [6.45, 7) is 1.65. The fourth-order valence-corrected chi connectivity index (χ4v) is 2.95. The van der Waals surface area contributed by atoms with Crippen molar-refractivity contribution >= 4 is 0 Å². The molecule has 4 nitrogen and oxygen atoms in total. The number of hydrogen-bond acceptors (Lipinski definition) is 3. The molecular weight excluding hydrogens is 202 g/mol. The standard InChI is InChI=1S/C12H19N3O/c13-6-5-9-3-4-10-12(14-8-15(9)10)11-2-1-7-16-11/h8-9,11H,1-7,13H2. The van der Waals surface area contributed by atoms with Crippen molar-refractivity contribution in [1.29, 1.82) is 0 Å². The van der Waals surface area contributed by atoms with Gasteiger partial charge in [-0.1, -0.05) is 0 Å². The monoisotopic (exact) mass is 221 g/mol. The quantitative estimate of drug-likeness (QED) is 0.843. The smallest absolute Gasteiger partial charge is 0.101 e. The van der Waals surface area contributed by atoms with E-state index in [0.29, 0.717) is 6.04 Å². The second-order valence-corrected chi connectivity index (χ2v) is 4.76. The Labute approximate surface area is 95.8 Å². The van der Waals surface area contributed by atoms with E-state index in [1.807, 2.05) is 6.33 Å². The Kier molecular flexibility index (Phi) is 2.69. The zero-order valence-corrected chi connectivity index (χ0v) is 9.56. The summed E-state index contributed by atoms with van der Waals surface area (Å²) in [6, 6.07) is 0.572. The van der Waals surface area contributed by atoms with Crippen LogP contribution in [0.1, 0.15) is 49.2 Å². The van der Waals surface area contributed by atoms with E-state index in [2.05, 4.69) is 9.55 Å². The molecule has 1 fully saturated rings. The summed E-state index contributed by atoms with van der Waals surface area (Å²) in [5, 5.41) is 0. The maximum Gasteiger partial charge on any atom is 0.101 e. The molecule has 2 N–H and O–H groups in total. The average molecular weight is 221 g/mol. The number of aromatic nitrogens is 2. The molecule has 16 heavy (non-hydrogen) atoms. The number of nitrogens with two attached hydrogens (primary N) is 1. The molecule has 3 heterocycles. The molecule has 1 aromatic rings. The minimum Gasteiger partial charge on any atom is -0.372 e. The molecule has 1 saturated heterocycles. The van der Waals surface area contributed by atoms with Gasteiger partial charge >= 0.3 is 0 Å². The van der Waals surface area contributed by atoms with Crippen molar-refractivity contribution in [2.24, 2.45) is 5.73 Å². The summed E-state index contributed by atoms with van der Waals surface area (Å²) in [5.74, 6) is 0. The van der Waals surface area contributed by atoms with Gasteiger partial charge < -0.3 is 15.0 Å². The zero-order valence-electron chi connectivity index (χ0n) is 9.56. The Balaban J connectivity index is 1.84. The maximum absolute atomic E-state index is 5.72. The van der Waals surface area contributed by atoms with Gasteiger partial charge in [0.2, 0.25) is 0 Å². The van der Waals surface area contributed by atoms with E-state index < -0.39 is 0 Å². The Morgan fingerprint density at radius 3 is 3.19 bits per heavy atom. The predicted molar refractivity (Wildman–Crippen MR) is 61.2 cm³/mol. The van der Waals surface area contributed by atoms with E-state index >= 15 is 0 Å². The molecule has 0 aromatic carbocycles. The number of rotatable bonds is 3. The van der Waals surface area contributed by atoms with Gasteiger partial charge in [0.15, 0.2) is 0 Å². The van der Waals surface area contributed by atoms with E-state index in [9.17, 15) is 0 Å². The Morgan fingerprint density at radius 2 is 2.44 bits per heavy atom. The van der Waals surface area contributed by atoms with Gasteiger partial charge in [0.05, 0.1) is 12.0 Å². The summed E-state index contributed by atoms with van der Waals surface area (Å²) < 4.78 is 8.04. The van der Waals surface area contributed by atoms with Gasteiger partial charge in [0.1, 0.15) is 6.10 Å². The molecule has 0 saturated carbocycles. The molecule has 3 rings (SSSR count). The fraction of sp³-hybridized carbons (Fsp3) is 0.750. The number of ether oxygens (including phenoxy) is 1. The molecular formula is C12H19N3O. The molecule has 0 spiro atoms. The lowest BCUT2D eigenvalue weighted by Gasteiger charge is -2.10. The van der Waals surface area contributed by atoms with Crippen LogP contribution in [0.3, 0.4) is 0 Å². The summed E-state index contributed by atoms with van der Waals surface area (Å²) in [5.41, 5.74) is 8.22. The largest absolute Gasteiger partial charge is 0.372 e. The van der Waals surface area contributed by atoms with Crippen LogP contribution in [0.2, 0.25) is 0 Å². The Morgan fingerprint density at radius 1 is 1.50 bits per heavy atom. The third-order valence-electron chi connectivity index (χ3n) is 3.77. The van der Waals surface area contributed by atoms with Crippen LogP contribution in [0.4, 0.5) is 0 Å². The van der Waals surface area contributed by atoms with E-state index in [1.54, 1.807) is 0 Å². The molecule has 2 aliphatic rings. The molecule has 0 amide bonds. The van der Waals surface area contributed by atoms with Crippen molar-refractivity contribution in [3.63, 3.8) is 0 Å². The molecule has 2 aliphatic heterocycles. The number of nitrogens with zero attached hydrogens (tertiary/aromatic N) is 2. The third kappa shape index (κ3) is 1.57. The van der Waals surface area contributed by atoms with Crippen molar-refractivity contribution in [3.05, 3.63) is 17.7 Å². The highest BCUT2D eigenvalue weighted by Gasteiger charge is 2.29. The van der Waals surface area contributed by atoms with Gasteiger partial charge in [-0.3, -0.25) is 0 Å². The van der Waals surface area contributed by atoms with Crippen LogP contribution < -0.4 is 5.73 Å². The highest BCUT2D eigenvalue weighted by atomic mass is 16.5. The van der Waals surface area contributed by atoms with Crippen molar-refractivity contribution in [2.45, 2.75) is 44.2 Å². The van der Waals surface area contributed by atoms with Crippen LogP contribution in [0.15, 0.2) is 6.33 Å². The highest BCUT2D eigenvalue weighted by molar-refractivity contribution is 5.21. The average Bonchev–Trinajstić information content (AvgIpc) is 2.94. The normalized spacial score (nSPS) is 28.6. The second-order valence-electron chi connectivity index (χ2n) is 4.76. The van der Waals surface area contributed by atoms with Crippen LogP contribution >= 0.6 is 0 Å². The molecule has 0 aliphatic carbocycles. The first-order valence-corrected chi connectivity index (χ1v) is 6.27. The number of fused-ring (bicyclic) bond motifs is 1. The van der Waals surface area contributed by atoms with Crippen LogP contribution in [0.25, 0.3) is 0 Å². The first-order valence-electron chi connectivity index (χ1n) is 6.27. The van der Waals surface area contributed by atoms with Crippen molar-refractivity contribution in [2.75, 3.05) is 13.2 Å². The van der Waals surface area contributed by atoms with Gasteiger partial charge in [-0.15, -0.1) is 0 Å². The number of hydrogen-bond donors (Lipinski definition) is 1. The highest BCUT2D eigenvalue weighted by Crippen LogP contribution is 2.36. The van der Waals surface area contributed by atoms with Gasteiger partial charge in [0, 0.05) is 18.3 Å². The van der Waals surface area contributed by atoms with Gasteiger partial charge in [-0.05, 0) is 38.6 Å². The Bertz CT molecular complexity index is 368. The fourth-order valence-electron chi connectivity index (χ4n) is 2.95. The second kappa shape index (κ2) is 4.18. The molecule has 0 bridgehead atoms. The zero-order chi connectivity index (χ0) is 11.0. The van der Waals surface area contributed by atoms with Crippen LogP contribution in [-0.4, -0.2) is 22.7 Å². The van der Waals surface area contributed by atoms with E-state index in [0.717, 1.165) is 32.4 Å². The Hall–Kier alpha value is -0.870. The molecule has 0 radical (unpaired) electrons. The van der Waals surface area contributed by atoms with Crippen LogP contribution in [0.5, 0.6) is 0 Å². The maximum atomic E-state index is 5.72. The van der Waals surface area contributed by atoms with E-state index in [4.69, 9.17) is 10.5 Å². The van der Waals surface area contributed by atoms with Crippen molar-refractivity contribution in [1.82, 2.24) is 9.55 Å². The minimum absolute atomic E-state index is 0.257. The predicted octanol–water partition coefficient (Wildman–Crippen LogP) is 1.57. The van der Waals surface area contributed by atoms with Gasteiger partial charge in [0.25, 0.3) is 0 Å². The van der Waals surface area contributed by atoms with Gasteiger partial charge in [-0.25, -0.2) is 4.98 Å². The summed E-state index contributed by atoms with van der Waals surface area (Å²) in [6.07, 6.45) is 7.96. The minimum atomic E-state index is 0.257. The summed E-state index contributed by atoms with van der Waals surface area (Å²) in [4.78, 5) is 4.55. The lowest BCUT2D eigenvalue weighted by Crippen LogP contribution is -2.09. The first-order chi connectivity index (χ1) is 7.90. The first kappa shape index (κ1) is 10.3. The molecule has 1 aromatic heterocycles. The SMILES string of the molecule is NCCC1CCc2c(C3CCCO3)ncn21. The van der Waals surface area contributed by atoms with Crippen molar-refractivity contribution < 1.29 is 4.74 Å². The number of imidazole rings is 1. The van der Waals surface area contributed by atoms with E-state index in [-0.39, 0.29) is 6.10 Å². The van der Waals surface area contributed by atoms with Crippen molar-refractivity contribution in [3.8, 4) is 0 Å².